The molecule has 0 saturated carbocycles. The van der Waals surface area contributed by atoms with Crippen LogP contribution in [-0.4, -0.2) is 27.4 Å². The normalized spacial score (nSPS) is 17.7. The predicted octanol–water partition coefficient (Wildman–Crippen LogP) is 3.09. The Hall–Kier alpha value is -2.86. The number of rotatable bonds is 6. The van der Waals surface area contributed by atoms with Crippen molar-refractivity contribution in [3.05, 3.63) is 75.9 Å². The van der Waals surface area contributed by atoms with Gasteiger partial charge in [-0.05, 0) is 11.6 Å². The summed E-state index contributed by atoms with van der Waals surface area (Å²) < 4.78 is 1.23. The van der Waals surface area contributed by atoms with Gasteiger partial charge >= 0.3 is 0 Å². The van der Waals surface area contributed by atoms with Gasteiger partial charge in [0.05, 0.1) is 17.3 Å². The predicted molar refractivity (Wildman–Crippen MR) is 106 cm³/mol. The van der Waals surface area contributed by atoms with Crippen LogP contribution >= 0.6 is 11.6 Å². The first-order valence-corrected chi connectivity index (χ1v) is 8.65. The van der Waals surface area contributed by atoms with Crippen LogP contribution in [0, 0.1) is 5.92 Å². The third-order valence-corrected chi connectivity index (χ3v) is 4.53. The van der Waals surface area contributed by atoms with E-state index in [9.17, 15) is 19.5 Å². The van der Waals surface area contributed by atoms with Crippen LogP contribution in [0.2, 0.25) is 5.02 Å². The van der Waals surface area contributed by atoms with Crippen LogP contribution in [0.4, 0.5) is 5.69 Å². The molecule has 142 valence electrons. The number of hydrogen-bond donors (Lipinski definition) is 1. The number of anilines is 1. The van der Waals surface area contributed by atoms with Gasteiger partial charge in [0.15, 0.2) is 11.5 Å². The van der Waals surface area contributed by atoms with E-state index in [4.69, 9.17) is 11.6 Å². The molecule has 7 heteroatoms. The van der Waals surface area contributed by atoms with E-state index in [1.807, 2.05) is 0 Å². The van der Waals surface area contributed by atoms with E-state index in [2.05, 4.69) is 13.2 Å². The van der Waals surface area contributed by atoms with Gasteiger partial charge in [0, 0.05) is 19.2 Å². The summed E-state index contributed by atoms with van der Waals surface area (Å²) in [6, 6.07) is 0.427. The third kappa shape index (κ3) is 3.53. The molecule has 6 nitrogen and oxygen atoms in total. The summed E-state index contributed by atoms with van der Waals surface area (Å²) in [5.74, 6) is -2.17. The van der Waals surface area contributed by atoms with Crippen molar-refractivity contribution in [3.8, 4) is 0 Å². The van der Waals surface area contributed by atoms with Crippen molar-refractivity contribution >= 4 is 29.0 Å². The van der Waals surface area contributed by atoms with Crippen molar-refractivity contribution in [1.82, 2.24) is 4.57 Å². The maximum Gasteiger partial charge on any atom is 0.294 e. The summed E-state index contributed by atoms with van der Waals surface area (Å²) in [6.45, 7) is 10.7. The van der Waals surface area contributed by atoms with Crippen LogP contribution in [0.1, 0.15) is 13.8 Å². The highest BCUT2D eigenvalue weighted by Crippen LogP contribution is 2.36. The van der Waals surface area contributed by atoms with Crippen LogP contribution in [0.3, 0.4) is 0 Å². The molecule has 1 N–H and O–H groups in total. The Bertz CT molecular complexity index is 927. The summed E-state index contributed by atoms with van der Waals surface area (Å²) in [4.78, 5) is 38.7. The van der Waals surface area contributed by atoms with Crippen molar-refractivity contribution in [3.63, 3.8) is 0 Å². The molecule has 1 amide bonds. The number of aliphatic hydroxyl groups is 1. The minimum absolute atomic E-state index is 0.0204. The molecule has 1 aromatic rings. The van der Waals surface area contributed by atoms with Crippen LogP contribution in [-0.2, 0) is 16.6 Å². The zero-order valence-electron chi connectivity index (χ0n) is 15.4. The molecule has 1 atom stereocenters. The highest BCUT2D eigenvalue weighted by molar-refractivity contribution is 6.30. The number of aromatic nitrogens is 1. The lowest BCUT2D eigenvalue weighted by atomic mass is 9.90. The van der Waals surface area contributed by atoms with Crippen molar-refractivity contribution in [2.24, 2.45) is 13.0 Å². The van der Waals surface area contributed by atoms with Gasteiger partial charge in [-0.15, -0.1) is 0 Å². The second-order valence-electron chi connectivity index (χ2n) is 6.43. The Morgan fingerprint density at radius 2 is 1.96 bits per heavy atom. The van der Waals surface area contributed by atoms with E-state index < -0.39 is 29.2 Å². The number of pyridine rings is 1. The number of ketones is 1. The van der Waals surface area contributed by atoms with Gasteiger partial charge in [-0.3, -0.25) is 19.3 Å². The Morgan fingerprint density at radius 3 is 2.44 bits per heavy atom. The van der Waals surface area contributed by atoms with E-state index in [0.717, 1.165) is 0 Å². The maximum atomic E-state index is 12.8. The highest BCUT2D eigenvalue weighted by Gasteiger charge is 2.45. The first-order chi connectivity index (χ1) is 12.6. The molecule has 0 bridgehead atoms. The number of aliphatic hydroxyl groups excluding tert-OH is 1. The van der Waals surface area contributed by atoms with Gasteiger partial charge in [-0.25, -0.2) is 0 Å². The fourth-order valence-corrected chi connectivity index (χ4v) is 3.19. The SMILES string of the molecule is C=C/C=C(\C=C)C1C(C(=O)C(C)C)=C(O)C(=O)N1c1cc(Cl)c(=O)n(C)c1. The van der Waals surface area contributed by atoms with Gasteiger partial charge in [-0.1, -0.05) is 56.8 Å². The van der Waals surface area contributed by atoms with Crippen molar-refractivity contribution in [1.29, 1.82) is 0 Å². The average molecular weight is 389 g/mol. The molecule has 0 saturated heterocycles. The summed E-state index contributed by atoms with van der Waals surface area (Å²) in [7, 11) is 1.49. The Balaban J connectivity index is 2.77. The number of nitrogens with zero attached hydrogens (tertiary/aromatic N) is 2. The van der Waals surface area contributed by atoms with Gasteiger partial charge < -0.3 is 9.67 Å². The Kier molecular flexibility index (Phi) is 5.91. The van der Waals surface area contributed by atoms with Crippen LogP contribution < -0.4 is 10.5 Å². The largest absolute Gasteiger partial charge is 0.503 e. The summed E-state index contributed by atoms with van der Waals surface area (Å²) in [5.41, 5.74) is 0.321. The average Bonchev–Trinajstić information content (AvgIpc) is 2.87. The molecule has 0 fully saturated rings. The summed E-state index contributed by atoms with van der Waals surface area (Å²) >= 11 is 5.99. The van der Waals surface area contributed by atoms with Crippen molar-refractivity contribution < 1.29 is 14.7 Å². The number of Topliss-reactive ketones (excluding diaryl/α,β-unsaturated/α-hetero) is 1. The summed E-state index contributed by atoms with van der Waals surface area (Å²) in [6.07, 6.45) is 6.01. The monoisotopic (exact) mass is 388 g/mol. The maximum absolute atomic E-state index is 12.8. The molecule has 1 aliphatic heterocycles. The molecular formula is C20H21ClN2O4. The third-order valence-electron chi connectivity index (χ3n) is 4.26. The second kappa shape index (κ2) is 7.80. The lowest BCUT2D eigenvalue weighted by Gasteiger charge is -2.28. The number of carbonyl (C=O) groups is 2. The van der Waals surface area contributed by atoms with E-state index in [1.165, 1.54) is 40.9 Å². The van der Waals surface area contributed by atoms with Gasteiger partial charge in [0.1, 0.15) is 5.02 Å². The standard InChI is InChI=1S/C20H21ClN2O4/c1-6-8-12(7-2)16-15(17(24)11(3)4)18(25)20(27)23(16)13-9-14(21)19(26)22(5)10-13/h6-11,16,25H,1-2H2,3-5H3/b12-8+. The minimum atomic E-state index is -0.906. The number of halogens is 1. The second-order valence-corrected chi connectivity index (χ2v) is 6.83. The molecule has 0 aromatic carbocycles. The van der Waals surface area contributed by atoms with Crippen LogP contribution in [0.15, 0.2) is 65.3 Å². The number of aryl methyl sites for hydroxylation is 1. The molecule has 0 spiro atoms. The summed E-state index contributed by atoms with van der Waals surface area (Å²) in [5, 5.41) is 10.4. The first-order valence-electron chi connectivity index (χ1n) is 8.27. The molecule has 1 aromatic heterocycles. The zero-order valence-corrected chi connectivity index (χ0v) is 16.2. The van der Waals surface area contributed by atoms with Gasteiger partial charge in [-0.2, -0.15) is 0 Å². The lowest BCUT2D eigenvalue weighted by molar-refractivity contribution is -0.119. The van der Waals surface area contributed by atoms with Crippen LogP contribution in [0.5, 0.6) is 0 Å². The number of carbonyl (C=O) groups excluding carboxylic acids is 2. The molecule has 1 aliphatic rings. The van der Waals surface area contributed by atoms with E-state index in [1.54, 1.807) is 19.9 Å². The zero-order chi connectivity index (χ0) is 20.5. The minimum Gasteiger partial charge on any atom is -0.503 e. The smallest absolute Gasteiger partial charge is 0.294 e. The van der Waals surface area contributed by atoms with Crippen molar-refractivity contribution in [2.45, 2.75) is 19.9 Å². The van der Waals surface area contributed by atoms with Gasteiger partial charge in [0.2, 0.25) is 0 Å². The molecule has 1 unspecified atom stereocenters. The molecular weight excluding hydrogens is 368 g/mol. The van der Waals surface area contributed by atoms with E-state index >= 15 is 0 Å². The topological polar surface area (TPSA) is 79.6 Å². The molecule has 0 aliphatic carbocycles. The fraction of sp³-hybridized carbons (Fsp3) is 0.250. The Labute approximate surface area is 162 Å². The first kappa shape index (κ1) is 20.5. The van der Waals surface area contributed by atoms with E-state index in [-0.39, 0.29) is 22.1 Å². The molecule has 0 radical (unpaired) electrons. The Morgan fingerprint density at radius 1 is 1.33 bits per heavy atom. The quantitative estimate of drug-likeness (QED) is 0.759. The highest BCUT2D eigenvalue weighted by atomic mass is 35.5. The number of amides is 1. The molecule has 27 heavy (non-hydrogen) atoms. The number of allylic oxidation sites excluding steroid dienone is 2. The molecule has 2 rings (SSSR count). The van der Waals surface area contributed by atoms with E-state index in [0.29, 0.717) is 5.57 Å². The fourth-order valence-electron chi connectivity index (χ4n) is 2.94. The molecule has 2 heterocycles. The van der Waals surface area contributed by atoms with Gasteiger partial charge in [0.25, 0.3) is 11.5 Å². The van der Waals surface area contributed by atoms with Crippen molar-refractivity contribution in [2.75, 3.05) is 4.90 Å². The lowest BCUT2D eigenvalue weighted by Crippen LogP contribution is -2.39. The van der Waals surface area contributed by atoms with Crippen LogP contribution in [0.25, 0.3) is 0 Å². The number of hydrogen-bond acceptors (Lipinski definition) is 4.